The fourth-order valence-electron chi connectivity index (χ4n) is 2.85. The minimum Gasteiger partial charge on any atom is -0.372 e. The maximum absolute atomic E-state index is 12.5. The lowest BCUT2D eigenvalue weighted by Crippen LogP contribution is -2.17. The molecule has 0 amide bonds. The highest BCUT2D eigenvalue weighted by Gasteiger charge is 2.14. The molecule has 0 atom stereocenters. The van der Waals surface area contributed by atoms with E-state index in [-0.39, 0.29) is 5.78 Å². The average Bonchev–Trinajstić information content (AvgIpc) is 3.04. The summed E-state index contributed by atoms with van der Waals surface area (Å²) in [5.41, 5.74) is 5.14. The van der Waals surface area contributed by atoms with E-state index in [2.05, 4.69) is 24.0 Å². The smallest absolute Gasteiger partial charge is 0.193 e. The van der Waals surface area contributed by atoms with E-state index in [4.69, 9.17) is 0 Å². The number of carbonyl (C=O) groups excluding carboxylic acids is 1. The average molecular weight is 279 g/mol. The van der Waals surface area contributed by atoms with Gasteiger partial charge in [-0.2, -0.15) is 0 Å². The molecule has 108 valence electrons. The van der Waals surface area contributed by atoms with Crippen LogP contribution < -0.4 is 4.90 Å². The van der Waals surface area contributed by atoms with Gasteiger partial charge in [-0.1, -0.05) is 12.1 Å². The Morgan fingerprint density at radius 1 is 0.857 bits per heavy atom. The van der Waals surface area contributed by atoms with Crippen molar-refractivity contribution in [1.82, 2.24) is 0 Å². The predicted molar refractivity (Wildman–Crippen MR) is 87.2 cm³/mol. The van der Waals surface area contributed by atoms with E-state index in [1.54, 1.807) is 0 Å². The van der Waals surface area contributed by atoms with Gasteiger partial charge < -0.3 is 4.90 Å². The fourth-order valence-corrected chi connectivity index (χ4v) is 2.85. The number of anilines is 1. The van der Waals surface area contributed by atoms with Crippen molar-refractivity contribution >= 4 is 11.5 Å². The third-order valence-corrected chi connectivity index (χ3v) is 4.37. The molecule has 0 bridgehead atoms. The fraction of sp³-hybridized carbons (Fsp3) is 0.316. The Hall–Kier alpha value is -2.09. The van der Waals surface area contributed by atoms with Crippen LogP contribution in [0.5, 0.6) is 0 Å². The number of hydrogen-bond acceptors (Lipinski definition) is 2. The number of rotatable bonds is 3. The van der Waals surface area contributed by atoms with Gasteiger partial charge in [0.1, 0.15) is 0 Å². The minimum absolute atomic E-state index is 0.103. The third-order valence-electron chi connectivity index (χ3n) is 4.37. The van der Waals surface area contributed by atoms with E-state index in [1.807, 2.05) is 37.3 Å². The summed E-state index contributed by atoms with van der Waals surface area (Å²) in [7, 11) is 0. The highest BCUT2D eigenvalue weighted by Crippen LogP contribution is 2.22. The minimum atomic E-state index is 0.103. The van der Waals surface area contributed by atoms with Crippen LogP contribution in [0.1, 0.15) is 39.9 Å². The number of nitrogens with zero attached hydrogens (tertiary/aromatic N) is 1. The first-order valence-corrected chi connectivity index (χ1v) is 7.62. The number of hydrogen-bond donors (Lipinski definition) is 0. The van der Waals surface area contributed by atoms with Crippen LogP contribution in [-0.4, -0.2) is 18.9 Å². The summed E-state index contributed by atoms with van der Waals surface area (Å²) in [5, 5.41) is 0. The van der Waals surface area contributed by atoms with Crippen LogP contribution in [0.4, 0.5) is 5.69 Å². The van der Waals surface area contributed by atoms with Gasteiger partial charge in [0.15, 0.2) is 5.78 Å². The molecule has 1 saturated heterocycles. The van der Waals surface area contributed by atoms with Gasteiger partial charge in [-0.3, -0.25) is 4.79 Å². The third kappa shape index (κ3) is 2.85. The molecule has 1 aliphatic rings. The van der Waals surface area contributed by atoms with Crippen molar-refractivity contribution in [2.75, 3.05) is 18.0 Å². The Morgan fingerprint density at radius 2 is 1.48 bits per heavy atom. The molecule has 0 N–H and O–H groups in total. The summed E-state index contributed by atoms with van der Waals surface area (Å²) in [6.45, 7) is 6.37. The van der Waals surface area contributed by atoms with Crippen LogP contribution in [-0.2, 0) is 0 Å². The number of ketones is 1. The highest BCUT2D eigenvalue weighted by atomic mass is 16.1. The number of carbonyl (C=O) groups is 1. The van der Waals surface area contributed by atoms with Crippen molar-refractivity contribution in [3.05, 3.63) is 64.7 Å². The molecule has 0 unspecified atom stereocenters. The Labute approximate surface area is 126 Å². The van der Waals surface area contributed by atoms with Gasteiger partial charge in [0, 0.05) is 29.9 Å². The standard InChI is InChI=1S/C19H21NO/c1-14-5-6-17(13-15(14)2)19(21)16-7-9-18(10-8-16)20-11-3-4-12-20/h5-10,13H,3-4,11-12H2,1-2H3. The zero-order valence-electron chi connectivity index (χ0n) is 12.7. The van der Waals surface area contributed by atoms with Crippen LogP contribution in [0.2, 0.25) is 0 Å². The van der Waals surface area contributed by atoms with Gasteiger partial charge in [-0.05, 0) is 68.1 Å². The first-order chi connectivity index (χ1) is 10.1. The van der Waals surface area contributed by atoms with Crippen molar-refractivity contribution in [2.45, 2.75) is 26.7 Å². The summed E-state index contributed by atoms with van der Waals surface area (Å²) in [6, 6.07) is 13.9. The topological polar surface area (TPSA) is 20.3 Å². The zero-order valence-corrected chi connectivity index (χ0v) is 12.7. The van der Waals surface area contributed by atoms with Crippen LogP contribution in [0, 0.1) is 13.8 Å². The first kappa shape index (κ1) is 13.9. The lowest BCUT2D eigenvalue weighted by molar-refractivity contribution is 0.103. The Bertz CT molecular complexity index is 652. The molecule has 1 aliphatic heterocycles. The molecule has 21 heavy (non-hydrogen) atoms. The maximum atomic E-state index is 12.5. The second-order valence-corrected chi connectivity index (χ2v) is 5.87. The quantitative estimate of drug-likeness (QED) is 0.787. The van der Waals surface area contributed by atoms with Crippen LogP contribution >= 0.6 is 0 Å². The van der Waals surface area contributed by atoms with Crippen LogP contribution in [0.25, 0.3) is 0 Å². The van der Waals surface area contributed by atoms with Crippen molar-refractivity contribution in [3.63, 3.8) is 0 Å². The van der Waals surface area contributed by atoms with E-state index >= 15 is 0 Å². The molecule has 0 aliphatic carbocycles. The predicted octanol–water partition coefficient (Wildman–Crippen LogP) is 4.13. The van der Waals surface area contributed by atoms with E-state index in [9.17, 15) is 4.79 Å². The van der Waals surface area contributed by atoms with Gasteiger partial charge in [0.25, 0.3) is 0 Å². The summed E-state index contributed by atoms with van der Waals surface area (Å²) in [4.78, 5) is 14.9. The van der Waals surface area contributed by atoms with Crippen LogP contribution in [0.15, 0.2) is 42.5 Å². The molecule has 3 rings (SSSR count). The molecular formula is C19H21NO. The number of aryl methyl sites for hydroxylation is 2. The largest absolute Gasteiger partial charge is 0.372 e. The first-order valence-electron chi connectivity index (χ1n) is 7.62. The SMILES string of the molecule is Cc1ccc(C(=O)c2ccc(N3CCCC3)cc2)cc1C. The number of benzene rings is 2. The summed E-state index contributed by atoms with van der Waals surface area (Å²) in [5.74, 6) is 0.103. The van der Waals surface area contributed by atoms with Crippen molar-refractivity contribution in [2.24, 2.45) is 0 Å². The van der Waals surface area contributed by atoms with Crippen molar-refractivity contribution in [3.8, 4) is 0 Å². The molecule has 1 heterocycles. The molecule has 2 aromatic carbocycles. The summed E-state index contributed by atoms with van der Waals surface area (Å²) < 4.78 is 0. The Morgan fingerprint density at radius 3 is 2.10 bits per heavy atom. The monoisotopic (exact) mass is 279 g/mol. The lowest BCUT2D eigenvalue weighted by Gasteiger charge is -2.17. The second kappa shape index (κ2) is 5.72. The van der Waals surface area contributed by atoms with E-state index in [1.165, 1.54) is 24.1 Å². The molecule has 0 radical (unpaired) electrons. The van der Waals surface area contributed by atoms with Gasteiger partial charge in [-0.25, -0.2) is 0 Å². The Balaban J connectivity index is 1.82. The zero-order chi connectivity index (χ0) is 14.8. The highest BCUT2D eigenvalue weighted by molar-refractivity contribution is 6.09. The van der Waals surface area contributed by atoms with Crippen LogP contribution in [0.3, 0.4) is 0 Å². The van der Waals surface area contributed by atoms with Gasteiger partial charge >= 0.3 is 0 Å². The molecule has 0 spiro atoms. The van der Waals surface area contributed by atoms with E-state index < -0.39 is 0 Å². The lowest BCUT2D eigenvalue weighted by atomic mass is 9.99. The van der Waals surface area contributed by atoms with Crippen molar-refractivity contribution in [1.29, 1.82) is 0 Å². The summed E-state index contributed by atoms with van der Waals surface area (Å²) in [6.07, 6.45) is 2.53. The van der Waals surface area contributed by atoms with E-state index in [0.29, 0.717) is 0 Å². The maximum Gasteiger partial charge on any atom is 0.193 e. The molecule has 1 fully saturated rings. The second-order valence-electron chi connectivity index (χ2n) is 5.87. The van der Waals surface area contributed by atoms with E-state index in [0.717, 1.165) is 29.8 Å². The van der Waals surface area contributed by atoms with Gasteiger partial charge in [0.2, 0.25) is 0 Å². The molecule has 2 nitrogen and oxygen atoms in total. The van der Waals surface area contributed by atoms with Gasteiger partial charge in [0.05, 0.1) is 0 Å². The molecule has 0 aromatic heterocycles. The Kier molecular flexibility index (Phi) is 3.78. The normalized spacial score (nSPS) is 14.5. The summed E-state index contributed by atoms with van der Waals surface area (Å²) >= 11 is 0. The van der Waals surface area contributed by atoms with Gasteiger partial charge in [-0.15, -0.1) is 0 Å². The molecular weight excluding hydrogens is 258 g/mol. The molecule has 2 aromatic rings. The molecule has 0 saturated carbocycles. The van der Waals surface area contributed by atoms with Crippen molar-refractivity contribution < 1.29 is 4.79 Å². The molecule has 2 heteroatoms.